The van der Waals surface area contributed by atoms with Gasteiger partial charge in [-0.15, -0.1) is 0 Å². The highest BCUT2D eigenvalue weighted by atomic mass is 16.1. The summed E-state index contributed by atoms with van der Waals surface area (Å²) < 4.78 is 2.09. The van der Waals surface area contributed by atoms with Crippen LogP contribution in [0.3, 0.4) is 0 Å². The molecule has 0 atom stereocenters. The first-order valence-electron chi connectivity index (χ1n) is 6.01. The molecular formula is C14H18N2O. The van der Waals surface area contributed by atoms with Gasteiger partial charge in [-0.1, -0.05) is 13.0 Å². The normalized spacial score (nSPS) is 10.7. The van der Waals surface area contributed by atoms with Crippen molar-refractivity contribution in [2.24, 2.45) is 7.05 Å². The Morgan fingerprint density at radius 3 is 2.94 bits per heavy atom. The SMILES string of the molecule is CCCC(=O)NCc1ccc2c(ccn2C)c1. The van der Waals surface area contributed by atoms with Gasteiger partial charge in [0.25, 0.3) is 0 Å². The molecule has 2 aromatic rings. The number of fused-ring (bicyclic) bond motifs is 1. The van der Waals surface area contributed by atoms with Crippen molar-refractivity contribution < 1.29 is 4.79 Å². The molecule has 0 spiro atoms. The van der Waals surface area contributed by atoms with E-state index in [0.717, 1.165) is 12.0 Å². The second-order valence-electron chi connectivity index (χ2n) is 4.35. The van der Waals surface area contributed by atoms with Crippen LogP contribution in [-0.4, -0.2) is 10.5 Å². The van der Waals surface area contributed by atoms with Crippen molar-refractivity contribution in [1.82, 2.24) is 9.88 Å². The van der Waals surface area contributed by atoms with Crippen molar-refractivity contribution >= 4 is 16.8 Å². The van der Waals surface area contributed by atoms with E-state index in [9.17, 15) is 4.79 Å². The van der Waals surface area contributed by atoms with Gasteiger partial charge in [0.15, 0.2) is 0 Å². The van der Waals surface area contributed by atoms with Gasteiger partial charge in [-0.3, -0.25) is 4.79 Å². The van der Waals surface area contributed by atoms with Gasteiger partial charge in [0.05, 0.1) is 0 Å². The zero-order chi connectivity index (χ0) is 12.3. The van der Waals surface area contributed by atoms with Crippen LogP contribution in [0.2, 0.25) is 0 Å². The number of rotatable bonds is 4. The fourth-order valence-corrected chi connectivity index (χ4v) is 1.96. The maximum absolute atomic E-state index is 11.4. The molecule has 0 bridgehead atoms. The van der Waals surface area contributed by atoms with Gasteiger partial charge in [0.2, 0.25) is 5.91 Å². The third-order valence-electron chi connectivity index (χ3n) is 2.92. The van der Waals surface area contributed by atoms with Gasteiger partial charge >= 0.3 is 0 Å². The summed E-state index contributed by atoms with van der Waals surface area (Å²) in [6, 6.07) is 8.37. The third-order valence-corrected chi connectivity index (χ3v) is 2.92. The van der Waals surface area contributed by atoms with E-state index in [-0.39, 0.29) is 5.91 Å². The molecule has 0 saturated heterocycles. The number of amides is 1. The van der Waals surface area contributed by atoms with Crippen molar-refractivity contribution in [3.63, 3.8) is 0 Å². The highest BCUT2D eigenvalue weighted by Gasteiger charge is 2.02. The van der Waals surface area contributed by atoms with Crippen LogP contribution >= 0.6 is 0 Å². The first-order valence-corrected chi connectivity index (χ1v) is 6.01. The zero-order valence-corrected chi connectivity index (χ0v) is 10.4. The molecule has 17 heavy (non-hydrogen) atoms. The lowest BCUT2D eigenvalue weighted by atomic mass is 10.1. The van der Waals surface area contributed by atoms with Gasteiger partial charge < -0.3 is 9.88 Å². The highest BCUT2D eigenvalue weighted by molar-refractivity contribution is 5.81. The number of aromatic nitrogens is 1. The Balaban J connectivity index is 2.07. The van der Waals surface area contributed by atoms with Crippen LogP contribution in [0.1, 0.15) is 25.3 Å². The number of hydrogen-bond acceptors (Lipinski definition) is 1. The molecule has 0 fully saturated rings. The quantitative estimate of drug-likeness (QED) is 0.860. The molecule has 90 valence electrons. The minimum atomic E-state index is 0.126. The average molecular weight is 230 g/mol. The molecule has 1 heterocycles. The van der Waals surface area contributed by atoms with Crippen molar-refractivity contribution in [3.05, 3.63) is 36.0 Å². The van der Waals surface area contributed by atoms with Crippen LogP contribution in [0, 0.1) is 0 Å². The van der Waals surface area contributed by atoms with E-state index < -0.39 is 0 Å². The molecule has 0 aliphatic rings. The van der Waals surface area contributed by atoms with Gasteiger partial charge in [0, 0.05) is 31.7 Å². The van der Waals surface area contributed by atoms with Gasteiger partial charge in [0.1, 0.15) is 0 Å². The number of nitrogens with one attached hydrogen (secondary N) is 1. The maximum Gasteiger partial charge on any atom is 0.220 e. The first-order chi connectivity index (χ1) is 8.20. The summed E-state index contributed by atoms with van der Waals surface area (Å²) in [5, 5.41) is 4.14. The van der Waals surface area contributed by atoms with Crippen LogP contribution in [0.5, 0.6) is 0 Å². The van der Waals surface area contributed by atoms with Crippen LogP contribution in [0.25, 0.3) is 10.9 Å². The number of hydrogen-bond donors (Lipinski definition) is 1. The van der Waals surface area contributed by atoms with Crippen LogP contribution in [-0.2, 0) is 18.4 Å². The third kappa shape index (κ3) is 2.67. The minimum Gasteiger partial charge on any atom is -0.352 e. The molecule has 0 radical (unpaired) electrons. The summed E-state index contributed by atoms with van der Waals surface area (Å²) >= 11 is 0. The fourth-order valence-electron chi connectivity index (χ4n) is 1.96. The van der Waals surface area contributed by atoms with Gasteiger partial charge in [-0.05, 0) is 35.6 Å². The lowest BCUT2D eigenvalue weighted by molar-refractivity contribution is -0.121. The summed E-state index contributed by atoms with van der Waals surface area (Å²) in [5.74, 6) is 0.126. The number of aryl methyl sites for hydroxylation is 1. The van der Waals surface area contributed by atoms with Crippen molar-refractivity contribution in [1.29, 1.82) is 0 Å². The Morgan fingerprint density at radius 2 is 2.18 bits per heavy atom. The van der Waals surface area contributed by atoms with Crippen molar-refractivity contribution in [2.75, 3.05) is 0 Å². The molecule has 2 rings (SSSR count). The summed E-state index contributed by atoms with van der Waals surface area (Å²) in [6.07, 6.45) is 3.54. The number of nitrogens with zero attached hydrogens (tertiary/aromatic N) is 1. The largest absolute Gasteiger partial charge is 0.352 e. The lowest BCUT2D eigenvalue weighted by Gasteiger charge is -2.05. The maximum atomic E-state index is 11.4. The summed E-state index contributed by atoms with van der Waals surface area (Å²) in [4.78, 5) is 11.4. The second-order valence-corrected chi connectivity index (χ2v) is 4.35. The second kappa shape index (κ2) is 5.04. The number of carbonyl (C=O) groups is 1. The molecule has 1 aromatic heterocycles. The van der Waals surface area contributed by atoms with Crippen molar-refractivity contribution in [2.45, 2.75) is 26.3 Å². The van der Waals surface area contributed by atoms with Gasteiger partial charge in [-0.2, -0.15) is 0 Å². The molecule has 0 saturated carbocycles. The molecule has 1 aromatic carbocycles. The van der Waals surface area contributed by atoms with E-state index in [1.165, 1.54) is 10.9 Å². The molecule has 3 nitrogen and oxygen atoms in total. The smallest absolute Gasteiger partial charge is 0.220 e. The Hall–Kier alpha value is -1.77. The predicted molar refractivity (Wildman–Crippen MR) is 69.7 cm³/mol. The molecule has 0 aliphatic carbocycles. The molecule has 3 heteroatoms. The lowest BCUT2D eigenvalue weighted by Crippen LogP contribution is -2.21. The summed E-state index contributed by atoms with van der Waals surface area (Å²) in [6.45, 7) is 2.62. The average Bonchev–Trinajstić information content (AvgIpc) is 2.69. The molecule has 0 unspecified atom stereocenters. The fraction of sp³-hybridized carbons (Fsp3) is 0.357. The van der Waals surface area contributed by atoms with E-state index in [4.69, 9.17) is 0 Å². The molecular weight excluding hydrogens is 212 g/mol. The van der Waals surface area contributed by atoms with E-state index in [1.807, 2.05) is 20.2 Å². The zero-order valence-electron chi connectivity index (χ0n) is 10.4. The Labute approximate surface area is 101 Å². The first kappa shape index (κ1) is 11.7. The standard InChI is InChI=1S/C14H18N2O/c1-3-4-14(17)15-10-11-5-6-13-12(9-11)7-8-16(13)2/h5-9H,3-4,10H2,1-2H3,(H,15,17). The minimum absolute atomic E-state index is 0.126. The van der Waals surface area contributed by atoms with Crippen LogP contribution < -0.4 is 5.32 Å². The van der Waals surface area contributed by atoms with E-state index >= 15 is 0 Å². The Morgan fingerprint density at radius 1 is 1.35 bits per heavy atom. The van der Waals surface area contributed by atoms with E-state index in [0.29, 0.717) is 13.0 Å². The van der Waals surface area contributed by atoms with Gasteiger partial charge in [-0.25, -0.2) is 0 Å². The number of carbonyl (C=O) groups excluding carboxylic acids is 1. The predicted octanol–water partition coefficient (Wildman–Crippen LogP) is 2.59. The summed E-state index contributed by atoms with van der Waals surface area (Å²) in [7, 11) is 2.03. The van der Waals surface area contributed by atoms with E-state index in [1.54, 1.807) is 0 Å². The van der Waals surface area contributed by atoms with Crippen LogP contribution in [0.4, 0.5) is 0 Å². The van der Waals surface area contributed by atoms with E-state index in [2.05, 4.69) is 34.1 Å². The monoisotopic (exact) mass is 230 g/mol. The highest BCUT2D eigenvalue weighted by Crippen LogP contribution is 2.16. The molecule has 0 aliphatic heterocycles. The topological polar surface area (TPSA) is 34.0 Å². The molecule has 1 amide bonds. The van der Waals surface area contributed by atoms with Crippen molar-refractivity contribution in [3.8, 4) is 0 Å². The molecule has 1 N–H and O–H groups in total. The number of benzene rings is 1. The Kier molecular flexibility index (Phi) is 3.47. The summed E-state index contributed by atoms with van der Waals surface area (Å²) in [5.41, 5.74) is 2.36. The van der Waals surface area contributed by atoms with Crippen LogP contribution in [0.15, 0.2) is 30.5 Å². The Bertz CT molecular complexity index is 528.